The number of hydrogen-bond donors (Lipinski definition) is 2. The Bertz CT molecular complexity index is 477. The predicted octanol–water partition coefficient (Wildman–Crippen LogP) is 1.71. The zero-order valence-corrected chi connectivity index (χ0v) is 12.4. The summed E-state index contributed by atoms with van der Waals surface area (Å²) in [6, 6.07) is -0.0219. The lowest BCUT2D eigenvalue weighted by Crippen LogP contribution is -2.34. The number of nitrogen functional groups attached to an aromatic ring is 1. The lowest BCUT2D eigenvalue weighted by Gasteiger charge is -2.13. The molecule has 104 valence electrons. The summed E-state index contributed by atoms with van der Waals surface area (Å²) in [6.07, 6.45) is 6.57. The van der Waals surface area contributed by atoms with Gasteiger partial charge in [-0.2, -0.15) is 0 Å². The third-order valence-electron chi connectivity index (χ3n) is 2.84. The number of terminal acetylenes is 1. The third-order valence-corrected chi connectivity index (χ3v) is 4.03. The van der Waals surface area contributed by atoms with Gasteiger partial charge in [0.2, 0.25) is 0 Å². The van der Waals surface area contributed by atoms with Gasteiger partial charge in [0.1, 0.15) is 10.7 Å². The molecule has 0 aliphatic heterocycles. The maximum absolute atomic E-state index is 12.1. The Balaban J connectivity index is 2.82. The lowest BCUT2D eigenvalue weighted by molar-refractivity contribution is 0.0941. The quantitative estimate of drug-likeness (QED) is 0.778. The smallest absolute Gasteiger partial charge is 0.265 e. The number of anilines is 2. The summed E-state index contributed by atoms with van der Waals surface area (Å²) in [5.41, 5.74) is 5.80. The van der Waals surface area contributed by atoms with E-state index in [2.05, 4.69) is 16.2 Å². The molecule has 0 aromatic carbocycles. The molecule has 19 heavy (non-hydrogen) atoms. The van der Waals surface area contributed by atoms with Crippen molar-refractivity contribution in [2.75, 3.05) is 24.2 Å². The van der Waals surface area contributed by atoms with Crippen LogP contribution in [0.15, 0.2) is 0 Å². The van der Waals surface area contributed by atoms with Crippen LogP contribution < -0.4 is 16.0 Å². The number of nitrogens with one attached hydrogen (secondary N) is 1. The van der Waals surface area contributed by atoms with Crippen LogP contribution in [0.25, 0.3) is 0 Å². The zero-order valence-electron chi connectivity index (χ0n) is 11.6. The largest absolute Gasteiger partial charge is 0.382 e. The Morgan fingerprint density at radius 1 is 1.63 bits per heavy atom. The Hall–Kier alpha value is -1.74. The first-order valence-electron chi connectivity index (χ1n) is 6.25. The summed E-state index contributed by atoms with van der Waals surface area (Å²) in [4.78, 5) is 18.7. The van der Waals surface area contributed by atoms with Crippen LogP contribution in [-0.4, -0.2) is 30.5 Å². The normalized spacial score (nSPS) is 11.7. The van der Waals surface area contributed by atoms with Gasteiger partial charge in [0.25, 0.3) is 5.91 Å². The van der Waals surface area contributed by atoms with Crippen LogP contribution in [0.1, 0.15) is 36.4 Å². The van der Waals surface area contributed by atoms with Crippen molar-refractivity contribution in [3.8, 4) is 12.3 Å². The Kier molecular flexibility index (Phi) is 5.64. The van der Waals surface area contributed by atoms with Crippen molar-refractivity contribution in [2.24, 2.45) is 0 Å². The van der Waals surface area contributed by atoms with E-state index in [0.29, 0.717) is 11.3 Å². The Labute approximate surface area is 118 Å². The fourth-order valence-corrected chi connectivity index (χ4v) is 2.39. The second kappa shape index (κ2) is 7.00. The molecule has 1 heterocycles. The number of nitrogens with zero attached hydrogens (tertiary/aromatic N) is 2. The van der Waals surface area contributed by atoms with Crippen LogP contribution in [0, 0.1) is 12.3 Å². The number of hydrogen-bond acceptors (Lipinski definition) is 5. The molecule has 6 heteroatoms. The molecule has 0 fully saturated rings. The molecule has 1 unspecified atom stereocenters. The van der Waals surface area contributed by atoms with E-state index in [0.717, 1.165) is 18.1 Å². The van der Waals surface area contributed by atoms with Crippen LogP contribution in [0.2, 0.25) is 0 Å². The molecule has 0 saturated heterocycles. The molecule has 0 saturated carbocycles. The van der Waals surface area contributed by atoms with Gasteiger partial charge in [-0.3, -0.25) is 4.79 Å². The fourth-order valence-electron chi connectivity index (χ4n) is 1.47. The van der Waals surface area contributed by atoms with Gasteiger partial charge >= 0.3 is 0 Å². The lowest BCUT2D eigenvalue weighted by atomic mass is 10.1. The van der Waals surface area contributed by atoms with Gasteiger partial charge in [-0.25, -0.2) is 4.98 Å². The number of rotatable bonds is 6. The first-order chi connectivity index (χ1) is 9.03. The minimum absolute atomic E-state index is 0.0219. The molecule has 1 aromatic rings. The second-order valence-corrected chi connectivity index (χ2v) is 5.19. The van der Waals surface area contributed by atoms with Gasteiger partial charge < -0.3 is 16.0 Å². The molecule has 3 N–H and O–H groups in total. The average molecular weight is 280 g/mol. The van der Waals surface area contributed by atoms with Crippen molar-refractivity contribution >= 4 is 28.2 Å². The molecular weight excluding hydrogens is 260 g/mol. The highest BCUT2D eigenvalue weighted by molar-refractivity contribution is 7.18. The first kappa shape index (κ1) is 15.3. The summed E-state index contributed by atoms with van der Waals surface area (Å²) in [7, 11) is 1.91. The van der Waals surface area contributed by atoms with Crippen molar-refractivity contribution in [3.05, 3.63) is 4.88 Å². The first-order valence-corrected chi connectivity index (χ1v) is 7.06. The van der Waals surface area contributed by atoms with Crippen molar-refractivity contribution in [3.63, 3.8) is 0 Å². The van der Waals surface area contributed by atoms with E-state index in [1.54, 1.807) is 0 Å². The fraction of sp³-hybridized carbons (Fsp3) is 0.538. The minimum atomic E-state index is -0.201. The van der Waals surface area contributed by atoms with E-state index in [-0.39, 0.29) is 17.8 Å². The van der Waals surface area contributed by atoms with Gasteiger partial charge in [-0.1, -0.05) is 18.3 Å². The summed E-state index contributed by atoms with van der Waals surface area (Å²) in [6.45, 7) is 4.80. The van der Waals surface area contributed by atoms with Gasteiger partial charge in [0.05, 0.1) is 0 Å². The standard InChI is InChI=1S/C13H20N4OS/c1-5-8-9(6-2)15-12(18)10-11(14)16-13(19-10)17(4)7-3/h1,9H,6-8,14H2,2-4H3,(H,15,18). The van der Waals surface area contributed by atoms with Gasteiger partial charge in [-0.15, -0.1) is 12.3 Å². The zero-order chi connectivity index (χ0) is 14.4. The molecule has 0 aliphatic rings. The highest BCUT2D eigenvalue weighted by Crippen LogP contribution is 2.27. The van der Waals surface area contributed by atoms with Crippen LogP contribution in [-0.2, 0) is 0 Å². The number of amides is 1. The van der Waals surface area contributed by atoms with E-state index in [4.69, 9.17) is 12.2 Å². The number of carbonyl (C=O) groups is 1. The molecule has 0 bridgehead atoms. The number of aromatic nitrogens is 1. The van der Waals surface area contributed by atoms with E-state index in [1.165, 1.54) is 11.3 Å². The summed E-state index contributed by atoms with van der Waals surface area (Å²) in [5, 5.41) is 3.63. The molecular formula is C13H20N4OS. The molecule has 5 nitrogen and oxygen atoms in total. The van der Waals surface area contributed by atoms with Gasteiger partial charge in [-0.05, 0) is 13.3 Å². The summed E-state index contributed by atoms with van der Waals surface area (Å²) >= 11 is 1.30. The van der Waals surface area contributed by atoms with Crippen LogP contribution in [0.5, 0.6) is 0 Å². The van der Waals surface area contributed by atoms with Crippen molar-refractivity contribution in [1.29, 1.82) is 0 Å². The average Bonchev–Trinajstić information content (AvgIpc) is 2.79. The van der Waals surface area contributed by atoms with Crippen LogP contribution >= 0.6 is 11.3 Å². The molecule has 1 aromatic heterocycles. The number of nitrogens with two attached hydrogens (primary N) is 1. The monoisotopic (exact) mass is 280 g/mol. The number of thiazole rings is 1. The molecule has 0 spiro atoms. The highest BCUT2D eigenvalue weighted by Gasteiger charge is 2.19. The molecule has 0 aliphatic carbocycles. The SMILES string of the molecule is C#CCC(CC)NC(=O)c1sc(N(C)CC)nc1N. The maximum Gasteiger partial charge on any atom is 0.265 e. The summed E-state index contributed by atoms with van der Waals surface area (Å²) < 4.78 is 0. The predicted molar refractivity (Wildman–Crippen MR) is 80.5 cm³/mol. The molecule has 1 atom stereocenters. The van der Waals surface area contributed by atoms with Crippen molar-refractivity contribution in [2.45, 2.75) is 32.7 Å². The van der Waals surface area contributed by atoms with Crippen LogP contribution in [0.3, 0.4) is 0 Å². The topological polar surface area (TPSA) is 71.2 Å². The summed E-state index contributed by atoms with van der Waals surface area (Å²) in [5.74, 6) is 2.63. The second-order valence-electron chi connectivity index (χ2n) is 4.21. The van der Waals surface area contributed by atoms with E-state index >= 15 is 0 Å². The van der Waals surface area contributed by atoms with E-state index < -0.39 is 0 Å². The van der Waals surface area contributed by atoms with E-state index in [1.807, 2.05) is 25.8 Å². The van der Waals surface area contributed by atoms with E-state index in [9.17, 15) is 4.79 Å². The Morgan fingerprint density at radius 3 is 2.84 bits per heavy atom. The van der Waals surface area contributed by atoms with Crippen LogP contribution in [0.4, 0.5) is 10.9 Å². The third kappa shape index (κ3) is 3.86. The van der Waals surface area contributed by atoms with Crippen molar-refractivity contribution in [1.82, 2.24) is 10.3 Å². The number of carbonyl (C=O) groups excluding carboxylic acids is 1. The minimum Gasteiger partial charge on any atom is -0.382 e. The molecule has 1 amide bonds. The molecule has 1 rings (SSSR count). The van der Waals surface area contributed by atoms with Gasteiger partial charge in [0, 0.05) is 26.1 Å². The Morgan fingerprint density at radius 2 is 2.32 bits per heavy atom. The maximum atomic E-state index is 12.1. The van der Waals surface area contributed by atoms with Crippen molar-refractivity contribution < 1.29 is 4.79 Å². The highest BCUT2D eigenvalue weighted by atomic mass is 32.1. The van der Waals surface area contributed by atoms with Gasteiger partial charge in [0.15, 0.2) is 5.13 Å². The molecule has 0 radical (unpaired) electrons.